The number of nitrogens with zero attached hydrogens (tertiary/aromatic N) is 4. The van der Waals surface area contributed by atoms with Crippen molar-refractivity contribution in [3.05, 3.63) is 41.1 Å². The topological polar surface area (TPSA) is 60.0 Å². The van der Waals surface area contributed by atoms with Crippen molar-refractivity contribution in [1.29, 1.82) is 0 Å². The van der Waals surface area contributed by atoms with Gasteiger partial charge in [0.2, 0.25) is 0 Å². The van der Waals surface area contributed by atoms with Crippen molar-refractivity contribution in [1.82, 2.24) is 14.5 Å². The van der Waals surface area contributed by atoms with Crippen LogP contribution in [0.4, 0.5) is 5.82 Å². The summed E-state index contributed by atoms with van der Waals surface area (Å²) in [6.45, 7) is 5.30. The van der Waals surface area contributed by atoms with Crippen LogP contribution in [0.5, 0.6) is 0 Å². The average Bonchev–Trinajstić information content (AvgIpc) is 2.74. The van der Waals surface area contributed by atoms with Crippen molar-refractivity contribution in [2.75, 3.05) is 11.9 Å². The number of aryl methyl sites for hydroxylation is 3. The Morgan fingerprint density at radius 2 is 2.11 bits per heavy atom. The first kappa shape index (κ1) is 13.5. The largest absolute Gasteiger partial charge is 0.352 e. The monoisotopic (exact) mass is 259 g/mol. The first-order valence-corrected chi connectivity index (χ1v) is 6.37. The third-order valence-electron chi connectivity index (χ3n) is 3.32. The van der Waals surface area contributed by atoms with E-state index in [1.54, 1.807) is 0 Å². The first-order valence-electron chi connectivity index (χ1n) is 6.37. The molecule has 2 rings (SSSR count). The van der Waals surface area contributed by atoms with Crippen LogP contribution in [0.1, 0.15) is 22.6 Å². The van der Waals surface area contributed by atoms with E-state index >= 15 is 0 Å². The molecule has 2 N–H and O–H groups in total. The standard InChI is InChI=1S/C14H21N5/c1-10-7-11(2)17-14(12(10)8-15)19(4)9-13-16-5-6-18(13)3/h5-7H,8-9,15H2,1-4H3. The molecule has 0 bridgehead atoms. The van der Waals surface area contributed by atoms with Crippen LogP contribution in [0.25, 0.3) is 0 Å². The molecular weight excluding hydrogens is 238 g/mol. The van der Waals surface area contributed by atoms with Crippen LogP contribution in [0.2, 0.25) is 0 Å². The van der Waals surface area contributed by atoms with E-state index in [0.29, 0.717) is 13.1 Å². The van der Waals surface area contributed by atoms with Crippen LogP contribution in [-0.4, -0.2) is 21.6 Å². The fraction of sp³-hybridized carbons (Fsp3) is 0.429. The summed E-state index contributed by atoms with van der Waals surface area (Å²) in [6.07, 6.45) is 3.75. The summed E-state index contributed by atoms with van der Waals surface area (Å²) in [5.41, 5.74) is 9.16. The molecular formula is C14H21N5. The van der Waals surface area contributed by atoms with Crippen LogP contribution >= 0.6 is 0 Å². The highest BCUT2D eigenvalue weighted by Gasteiger charge is 2.13. The molecule has 0 aliphatic heterocycles. The van der Waals surface area contributed by atoms with Gasteiger partial charge in [-0.05, 0) is 25.5 Å². The summed E-state index contributed by atoms with van der Waals surface area (Å²) in [4.78, 5) is 11.1. The van der Waals surface area contributed by atoms with Crippen LogP contribution in [0, 0.1) is 13.8 Å². The number of hydrogen-bond donors (Lipinski definition) is 1. The normalized spacial score (nSPS) is 10.8. The zero-order valence-corrected chi connectivity index (χ0v) is 12.0. The molecule has 0 spiro atoms. The number of hydrogen-bond acceptors (Lipinski definition) is 4. The zero-order valence-electron chi connectivity index (χ0n) is 12.0. The third kappa shape index (κ3) is 2.76. The minimum atomic E-state index is 0.499. The van der Waals surface area contributed by atoms with E-state index in [4.69, 9.17) is 5.73 Å². The summed E-state index contributed by atoms with van der Waals surface area (Å²) < 4.78 is 2.02. The van der Waals surface area contributed by atoms with Crippen molar-refractivity contribution in [3.63, 3.8) is 0 Å². The fourth-order valence-electron chi connectivity index (χ4n) is 2.25. The van der Waals surface area contributed by atoms with E-state index < -0.39 is 0 Å². The summed E-state index contributed by atoms with van der Waals surface area (Å²) in [7, 11) is 4.02. The van der Waals surface area contributed by atoms with Gasteiger partial charge in [-0.15, -0.1) is 0 Å². The van der Waals surface area contributed by atoms with E-state index in [1.807, 2.05) is 38.0 Å². The molecule has 0 saturated heterocycles. The lowest BCUT2D eigenvalue weighted by Crippen LogP contribution is -2.23. The molecule has 0 saturated carbocycles. The van der Waals surface area contributed by atoms with Crippen molar-refractivity contribution >= 4 is 5.82 Å². The first-order chi connectivity index (χ1) is 9.02. The second-order valence-corrected chi connectivity index (χ2v) is 4.90. The quantitative estimate of drug-likeness (QED) is 0.904. The Kier molecular flexibility index (Phi) is 3.85. The van der Waals surface area contributed by atoms with Gasteiger partial charge in [-0.3, -0.25) is 0 Å². The highest BCUT2D eigenvalue weighted by Crippen LogP contribution is 2.22. The Morgan fingerprint density at radius 1 is 1.37 bits per heavy atom. The Balaban J connectivity index is 2.33. The molecule has 0 radical (unpaired) electrons. The van der Waals surface area contributed by atoms with Gasteiger partial charge in [-0.25, -0.2) is 9.97 Å². The van der Waals surface area contributed by atoms with Crippen molar-refractivity contribution in [2.45, 2.75) is 26.9 Å². The molecule has 5 nitrogen and oxygen atoms in total. The Morgan fingerprint density at radius 3 is 2.68 bits per heavy atom. The van der Waals surface area contributed by atoms with E-state index in [0.717, 1.165) is 22.9 Å². The van der Waals surface area contributed by atoms with Gasteiger partial charge in [0.1, 0.15) is 11.6 Å². The Bertz CT molecular complexity index is 573. The van der Waals surface area contributed by atoms with Crippen LogP contribution < -0.4 is 10.6 Å². The Hall–Kier alpha value is -1.88. The van der Waals surface area contributed by atoms with Crippen molar-refractivity contribution in [2.24, 2.45) is 12.8 Å². The average molecular weight is 259 g/mol. The van der Waals surface area contributed by atoms with Gasteiger partial charge in [0.05, 0.1) is 6.54 Å². The smallest absolute Gasteiger partial charge is 0.133 e. The second kappa shape index (κ2) is 5.40. The predicted molar refractivity (Wildman–Crippen MR) is 76.9 cm³/mol. The van der Waals surface area contributed by atoms with E-state index in [-0.39, 0.29) is 0 Å². The Labute approximate surface area is 114 Å². The number of pyridine rings is 1. The maximum atomic E-state index is 5.86. The minimum Gasteiger partial charge on any atom is -0.352 e. The lowest BCUT2D eigenvalue weighted by atomic mass is 10.1. The molecule has 5 heteroatoms. The van der Waals surface area contributed by atoms with Crippen molar-refractivity contribution in [3.8, 4) is 0 Å². The van der Waals surface area contributed by atoms with Gasteiger partial charge in [-0.1, -0.05) is 0 Å². The lowest BCUT2D eigenvalue weighted by Gasteiger charge is -2.22. The van der Waals surface area contributed by atoms with E-state index in [2.05, 4.69) is 27.9 Å². The van der Waals surface area contributed by atoms with Crippen LogP contribution in [0.3, 0.4) is 0 Å². The van der Waals surface area contributed by atoms with Crippen LogP contribution in [-0.2, 0) is 20.1 Å². The molecule has 0 amide bonds. The number of anilines is 1. The molecule has 0 aliphatic rings. The lowest BCUT2D eigenvalue weighted by molar-refractivity contribution is 0.749. The zero-order chi connectivity index (χ0) is 14.0. The van der Waals surface area contributed by atoms with E-state index in [9.17, 15) is 0 Å². The van der Waals surface area contributed by atoms with Gasteiger partial charge in [-0.2, -0.15) is 0 Å². The maximum absolute atomic E-state index is 5.86. The fourth-order valence-corrected chi connectivity index (χ4v) is 2.25. The highest BCUT2D eigenvalue weighted by molar-refractivity contribution is 5.51. The van der Waals surface area contributed by atoms with Gasteiger partial charge < -0.3 is 15.2 Å². The number of aromatic nitrogens is 3. The SMILES string of the molecule is Cc1cc(C)c(CN)c(N(C)Cc2nccn2C)n1. The molecule has 0 atom stereocenters. The summed E-state index contributed by atoms with van der Waals surface area (Å²) in [5, 5.41) is 0. The predicted octanol–water partition coefficient (Wildman–Crippen LogP) is 1.53. The molecule has 2 heterocycles. The van der Waals surface area contributed by atoms with E-state index in [1.165, 1.54) is 5.56 Å². The minimum absolute atomic E-state index is 0.499. The molecule has 19 heavy (non-hydrogen) atoms. The molecule has 2 aromatic heterocycles. The number of nitrogens with two attached hydrogens (primary N) is 1. The van der Waals surface area contributed by atoms with Gasteiger partial charge >= 0.3 is 0 Å². The highest BCUT2D eigenvalue weighted by atomic mass is 15.2. The van der Waals surface area contributed by atoms with Gasteiger partial charge in [0.15, 0.2) is 0 Å². The van der Waals surface area contributed by atoms with Crippen LogP contribution in [0.15, 0.2) is 18.5 Å². The molecule has 0 aliphatic carbocycles. The summed E-state index contributed by atoms with van der Waals surface area (Å²) in [6, 6.07) is 2.07. The summed E-state index contributed by atoms with van der Waals surface area (Å²) in [5.74, 6) is 1.95. The molecule has 2 aromatic rings. The van der Waals surface area contributed by atoms with Gasteiger partial charge in [0.25, 0.3) is 0 Å². The number of imidazole rings is 1. The number of rotatable bonds is 4. The van der Waals surface area contributed by atoms with Crippen molar-refractivity contribution < 1.29 is 0 Å². The molecule has 0 unspecified atom stereocenters. The summed E-state index contributed by atoms with van der Waals surface area (Å²) >= 11 is 0. The maximum Gasteiger partial charge on any atom is 0.133 e. The van der Waals surface area contributed by atoms with Gasteiger partial charge in [0, 0.05) is 44.3 Å². The second-order valence-electron chi connectivity index (χ2n) is 4.90. The third-order valence-corrected chi connectivity index (χ3v) is 3.32. The molecule has 102 valence electrons. The molecule has 0 aromatic carbocycles. The molecule has 0 fully saturated rings.